The first-order valence-electron chi connectivity index (χ1n) is 11.1. The van der Waals surface area contributed by atoms with Gasteiger partial charge < -0.3 is 25.3 Å². The minimum Gasteiger partial charge on any atom is -0.444 e. The summed E-state index contributed by atoms with van der Waals surface area (Å²) in [7, 11) is 0. The van der Waals surface area contributed by atoms with Gasteiger partial charge in [0, 0.05) is 32.0 Å². The minimum absolute atomic E-state index is 0. The molecule has 0 saturated carbocycles. The number of carbonyl (C=O) groups is 1. The van der Waals surface area contributed by atoms with Crippen molar-refractivity contribution in [1.29, 1.82) is 0 Å². The molecule has 2 aromatic rings. The highest BCUT2D eigenvalue weighted by Crippen LogP contribution is 2.11. The second-order valence-electron chi connectivity index (χ2n) is 9.48. The number of hydrogen-bond donors (Lipinski definition) is 3. The summed E-state index contributed by atoms with van der Waals surface area (Å²) in [6, 6.07) is 8.41. The zero-order valence-electron chi connectivity index (χ0n) is 20.9. The number of guanidine groups is 1. The van der Waals surface area contributed by atoms with E-state index < -0.39 is 17.2 Å². The number of benzene rings is 1. The average Bonchev–Trinajstić information content (AvgIpc) is 3.07. The number of amides is 1. The third-order valence-electron chi connectivity index (χ3n) is 4.57. The van der Waals surface area contributed by atoms with E-state index in [4.69, 9.17) is 9.73 Å². The Kier molecular flexibility index (Phi) is 11.2. The van der Waals surface area contributed by atoms with E-state index in [0.717, 1.165) is 24.5 Å². The third-order valence-corrected chi connectivity index (χ3v) is 4.57. The second-order valence-corrected chi connectivity index (χ2v) is 9.48. The Morgan fingerprint density at radius 3 is 2.45 bits per heavy atom. The molecule has 0 spiro atoms. The molecule has 1 aromatic heterocycles. The summed E-state index contributed by atoms with van der Waals surface area (Å²) < 4.78 is 7.48. The van der Waals surface area contributed by atoms with Gasteiger partial charge in [0.2, 0.25) is 0 Å². The summed E-state index contributed by atoms with van der Waals surface area (Å²) in [5, 5.41) is 9.48. The Hall–Kier alpha value is -2.30. The fraction of sp³-hybridized carbons (Fsp3) is 0.542. The zero-order chi connectivity index (χ0) is 23.8. The summed E-state index contributed by atoms with van der Waals surface area (Å²) in [5.74, 6) is 1.69. The zero-order valence-corrected chi connectivity index (χ0v) is 23.2. The van der Waals surface area contributed by atoms with Crippen molar-refractivity contribution in [1.82, 2.24) is 25.5 Å². The molecule has 1 amide bonds. The Morgan fingerprint density at radius 1 is 1.15 bits per heavy atom. The largest absolute Gasteiger partial charge is 0.444 e. The molecule has 0 saturated heterocycles. The average molecular weight is 571 g/mol. The molecule has 1 aromatic carbocycles. The molecule has 0 radical (unpaired) electrons. The molecule has 0 aliphatic rings. The topological polar surface area (TPSA) is 92.6 Å². The lowest BCUT2D eigenvalue weighted by molar-refractivity contribution is 0.0474. The van der Waals surface area contributed by atoms with Gasteiger partial charge in [0.1, 0.15) is 11.4 Å². The fourth-order valence-corrected chi connectivity index (χ4v) is 3.03. The van der Waals surface area contributed by atoms with E-state index in [1.54, 1.807) is 0 Å². The van der Waals surface area contributed by atoms with Crippen molar-refractivity contribution in [3.8, 4) is 0 Å². The van der Waals surface area contributed by atoms with Crippen molar-refractivity contribution in [2.24, 2.45) is 4.99 Å². The van der Waals surface area contributed by atoms with Gasteiger partial charge >= 0.3 is 6.09 Å². The second kappa shape index (κ2) is 12.8. The molecule has 0 fully saturated rings. The summed E-state index contributed by atoms with van der Waals surface area (Å²) in [5.41, 5.74) is 1.29. The number of aliphatic imine (C=N–C) groups is 1. The normalized spacial score (nSPS) is 12.0. The van der Waals surface area contributed by atoms with Crippen LogP contribution in [-0.4, -0.2) is 45.8 Å². The van der Waals surface area contributed by atoms with E-state index in [1.807, 2.05) is 60.9 Å². The smallest absolute Gasteiger partial charge is 0.408 e. The van der Waals surface area contributed by atoms with Crippen LogP contribution in [0.25, 0.3) is 0 Å². The number of ether oxygens (including phenoxy) is 1. The fourth-order valence-electron chi connectivity index (χ4n) is 3.03. The Labute approximate surface area is 215 Å². The number of imidazole rings is 1. The number of alkyl carbamates (subject to hydrolysis) is 1. The number of nitrogens with zero attached hydrogens (tertiary/aromatic N) is 3. The maximum Gasteiger partial charge on any atom is 0.408 e. The van der Waals surface area contributed by atoms with Crippen LogP contribution < -0.4 is 16.0 Å². The molecule has 9 heteroatoms. The van der Waals surface area contributed by atoms with Gasteiger partial charge in [-0.2, -0.15) is 0 Å². The molecule has 0 bridgehead atoms. The van der Waals surface area contributed by atoms with Crippen LogP contribution in [0.1, 0.15) is 58.5 Å². The van der Waals surface area contributed by atoms with Gasteiger partial charge in [0.15, 0.2) is 5.96 Å². The van der Waals surface area contributed by atoms with Crippen molar-refractivity contribution in [3.63, 3.8) is 0 Å². The maximum atomic E-state index is 12.1. The Bertz CT molecular complexity index is 918. The van der Waals surface area contributed by atoms with Gasteiger partial charge in [-0.15, -0.1) is 24.0 Å². The van der Waals surface area contributed by atoms with Crippen LogP contribution >= 0.6 is 24.0 Å². The van der Waals surface area contributed by atoms with E-state index in [2.05, 4.69) is 49.8 Å². The molecule has 2 rings (SSSR count). The Balaban J connectivity index is 0.00000544. The number of halogens is 1. The Morgan fingerprint density at radius 2 is 1.85 bits per heavy atom. The van der Waals surface area contributed by atoms with E-state index in [0.29, 0.717) is 19.0 Å². The van der Waals surface area contributed by atoms with E-state index in [-0.39, 0.29) is 24.0 Å². The van der Waals surface area contributed by atoms with Gasteiger partial charge in [0.25, 0.3) is 0 Å². The number of aryl methyl sites for hydroxylation is 1. The van der Waals surface area contributed by atoms with E-state index in [9.17, 15) is 4.79 Å². The highest BCUT2D eigenvalue weighted by Gasteiger charge is 2.24. The molecular formula is C24H39IN6O2. The SMILES string of the molecule is CCNC(=NCc1cccc(Cn2ccnc2C)c1)NCC(C)(C)NC(=O)OC(C)(C)C.I. The molecule has 3 N–H and O–H groups in total. The molecular weight excluding hydrogens is 531 g/mol. The van der Waals surface area contributed by atoms with Gasteiger partial charge in [0.05, 0.1) is 12.1 Å². The molecule has 0 atom stereocenters. The van der Waals surface area contributed by atoms with Crippen molar-refractivity contribution in [3.05, 3.63) is 53.6 Å². The number of aromatic nitrogens is 2. The van der Waals surface area contributed by atoms with Crippen LogP contribution in [0, 0.1) is 6.92 Å². The van der Waals surface area contributed by atoms with Gasteiger partial charge in [-0.25, -0.2) is 14.8 Å². The van der Waals surface area contributed by atoms with Crippen LogP contribution in [0.15, 0.2) is 41.7 Å². The maximum absolute atomic E-state index is 12.1. The molecule has 0 aliphatic carbocycles. The van der Waals surface area contributed by atoms with Crippen LogP contribution in [0.3, 0.4) is 0 Å². The first-order valence-corrected chi connectivity index (χ1v) is 11.1. The van der Waals surface area contributed by atoms with Crippen molar-refractivity contribution in [2.75, 3.05) is 13.1 Å². The van der Waals surface area contributed by atoms with E-state index >= 15 is 0 Å². The van der Waals surface area contributed by atoms with Gasteiger partial charge in [-0.3, -0.25) is 0 Å². The van der Waals surface area contributed by atoms with Crippen LogP contribution in [-0.2, 0) is 17.8 Å². The summed E-state index contributed by atoms with van der Waals surface area (Å²) in [4.78, 5) is 21.1. The van der Waals surface area contributed by atoms with Crippen molar-refractivity contribution < 1.29 is 9.53 Å². The number of carbonyl (C=O) groups excluding carboxylic acids is 1. The first-order chi connectivity index (χ1) is 15.0. The predicted molar refractivity (Wildman–Crippen MR) is 144 cm³/mol. The van der Waals surface area contributed by atoms with Crippen LogP contribution in [0.2, 0.25) is 0 Å². The highest BCUT2D eigenvalue weighted by atomic mass is 127. The lowest BCUT2D eigenvalue weighted by Gasteiger charge is -2.29. The predicted octanol–water partition coefficient (Wildman–Crippen LogP) is 4.22. The van der Waals surface area contributed by atoms with Crippen molar-refractivity contribution >= 4 is 36.0 Å². The quantitative estimate of drug-likeness (QED) is 0.251. The molecule has 1 heterocycles. The molecule has 0 aliphatic heterocycles. The molecule has 33 heavy (non-hydrogen) atoms. The van der Waals surface area contributed by atoms with Gasteiger partial charge in [-0.05, 0) is 59.6 Å². The standard InChI is InChI=1S/C24H38N6O2.HI/c1-8-25-21(28-17-24(6,7)29-22(31)32-23(3,4)5)27-15-19-10-9-11-20(14-19)16-30-13-12-26-18(30)2;/h9-14H,8,15-17H2,1-7H3,(H,29,31)(H2,25,27,28);1H. The van der Waals surface area contributed by atoms with Crippen LogP contribution in [0.4, 0.5) is 4.79 Å². The van der Waals surface area contributed by atoms with Gasteiger partial charge in [-0.1, -0.05) is 24.3 Å². The van der Waals surface area contributed by atoms with Crippen molar-refractivity contribution in [2.45, 2.75) is 72.7 Å². The minimum atomic E-state index is -0.533. The highest BCUT2D eigenvalue weighted by molar-refractivity contribution is 14.0. The molecule has 0 unspecified atom stereocenters. The van der Waals surface area contributed by atoms with E-state index in [1.165, 1.54) is 5.56 Å². The third kappa shape index (κ3) is 10.9. The molecule has 184 valence electrons. The van der Waals surface area contributed by atoms with Crippen LogP contribution in [0.5, 0.6) is 0 Å². The lowest BCUT2D eigenvalue weighted by atomic mass is 10.1. The summed E-state index contributed by atoms with van der Waals surface area (Å²) in [6.45, 7) is 16.0. The summed E-state index contributed by atoms with van der Waals surface area (Å²) in [6.07, 6.45) is 3.37. The number of nitrogens with one attached hydrogen (secondary N) is 3. The number of rotatable bonds is 8. The monoisotopic (exact) mass is 570 g/mol. The molecule has 8 nitrogen and oxygen atoms in total. The summed E-state index contributed by atoms with van der Waals surface area (Å²) >= 11 is 0. The first kappa shape index (κ1) is 28.7. The number of hydrogen-bond acceptors (Lipinski definition) is 4. The lowest BCUT2D eigenvalue weighted by Crippen LogP contribution is -2.54.